The van der Waals surface area contributed by atoms with Gasteiger partial charge in [-0.05, 0) is 17.7 Å². The lowest BCUT2D eigenvalue weighted by atomic mass is 10.2. The van der Waals surface area contributed by atoms with Crippen molar-refractivity contribution in [1.29, 1.82) is 0 Å². The minimum atomic E-state index is -0.272. The first-order chi connectivity index (χ1) is 8.69. The third-order valence-corrected chi connectivity index (χ3v) is 2.46. The van der Waals surface area contributed by atoms with Crippen molar-refractivity contribution in [3.05, 3.63) is 47.7 Å². The number of benzene rings is 1. The number of oxazole rings is 1. The van der Waals surface area contributed by atoms with E-state index in [0.29, 0.717) is 12.4 Å². The van der Waals surface area contributed by atoms with Crippen molar-refractivity contribution in [2.45, 2.75) is 13.5 Å². The van der Waals surface area contributed by atoms with Gasteiger partial charge in [0.2, 0.25) is 5.76 Å². The summed E-state index contributed by atoms with van der Waals surface area (Å²) in [5.74, 6) is 1.22. The minimum Gasteiger partial charge on any atom is -0.497 e. The highest BCUT2D eigenvalue weighted by molar-refractivity contribution is 5.91. The third-order valence-electron chi connectivity index (χ3n) is 2.46. The second-order valence-corrected chi connectivity index (χ2v) is 3.77. The van der Waals surface area contributed by atoms with Gasteiger partial charge in [-0.15, -0.1) is 0 Å². The van der Waals surface area contributed by atoms with Crippen LogP contribution in [-0.2, 0) is 6.54 Å². The first-order valence-electron chi connectivity index (χ1n) is 5.52. The first kappa shape index (κ1) is 12.2. The Balaban J connectivity index is 1.92. The molecule has 5 nitrogen and oxygen atoms in total. The molecule has 18 heavy (non-hydrogen) atoms. The van der Waals surface area contributed by atoms with Gasteiger partial charge in [-0.1, -0.05) is 12.1 Å². The van der Waals surface area contributed by atoms with Gasteiger partial charge >= 0.3 is 0 Å². The second-order valence-electron chi connectivity index (χ2n) is 3.77. The Labute approximate surface area is 105 Å². The number of hydrogen-bond acceptors (Lipinski definition) is 4. The molecule has 0 radical (unpaired) electrons. The van der Waals surface area contributed by atoms with Crippen LogP contribution in [0.25, 0.3) is 0 Å². The molecule has 2 rings (SSSR count). The van der Waals surface area contributed by atoms with E-state index in [-0.39, 0.29) is 11.7 Å². The number of methoxy groups -OCH3 is 1. The number of carbonyl (C=O) groups is 1. The summed E-state index contributed by atoms with van der Waals surface area (Å²) >= 11 is 0. The van der Waals surface area contributed by atoms with Gasteiger partial charge in [0.05, 0.1) is 13.3 Å². The number of carbonyl (C=O) groups excluding carboxylic acids is 1. The summed E-state index contributed by atoms with van der Waals surface area (Å²) in [4.78, 5) is 15.6. The molecule has 94 valence electrons. The number of aromatic nitrogens is 1. The van der Waals surface area contributed by atoms with Crippen molar-refractivity contribution in [2.24, 2.45) is 0 Å². The van der Waals surface area contributed by atoms with E-state index in [9.17, 15) is 4.79 Å². The Morgan fingerprint density at radius 1 is 1.39 bits per heavy atom. The van der Waals surface area contributed by atoms with Crippen LogP contribution in [0.3, 0.4) is 0 Å². The van der Waals surface area contributed by atoms with Gasteiger partial charge in [0, 0.05) is 13.5 Å². The first-order valence-corrected chi connectivity index (χ1v) is 5.52. The zero-order valence-electron chi connectivity index (χ0n) is 10.3. The lowest BCUT2D eigenvalue weighted by Gasteiger charge is -2.04. The van der Waals surface area contributed by atoms with Crippen LogP contribution in [0.4, 0.5) is 0 Å². The Hall–Kier alpha value is -2.30. The van der Waals surface area contributed by atoms with Crippen molar-refractivity contribution in [3.8, 4) is 5.75 Å². The fourth-order valence-electron chi connectivity index (χ4n) is 1.48. The summed E-state index contributed by atoms with van der Waals surface area (Å²) in [6.07, 6.45) is 1.42. The third kappa shape index (κ3) is 2.88. The zero-order chi connectivity index (χ0) is 13.0. The lowest BCUT2D eigenvalue weighted by Crippen LogP contribution is -2.22. The van der Waals surface area contributed by atoms with Gasteiger partial charge in [0.25, 0.3) is 5.91 Å². The molecule has 0 aliphatic carbocycles. The SMILES string of the molecule is COc1ccc(CNC(=O)c2cnc(C)o2)cc1. The quantitative estimate of drug-likeness (QED) is 0.895. The summed E-state index contributed by atoms with van der Waals surface area (Å²) < 4.78 is 10.2. The van der Waals surface area contributed by atoms with Crippen LogP contribution >= 0.6 is 0 Å². The molecule has 1 N–H and O–H groups in total. The maximum Gasteiger partial charge on any atom is 0.288 e. The molecule has 0 saturated heterocycles. The van der Waals surface area contributed by atoms with E-state index in [1.807, 2.05) is 24.3 Å². The minimum absolute atomic E-state index is 0.223. The Morgan fingerprint density at radius 3 is 2.67 bits per heavy atom. The van der Waals surface area contributed by atoms with Gasteiger partial charge in [-0.2, -0.15) is 0 Å². The fraction of sp³-hybridized carbons (Fsp3) is 0.231. The van der Waals surface area contributed by atoms with E-state index in [1.165, 1.54) is 6.20 Å². The molecule has 0 unspecified atom stereocenters. The van der Waals surface area contributed by atoms with Crippen molar-refractivity contribution in [3.63, 3.8) is 0 Å². The van der Waals surface area contributed by atoms with E-state index in [0.717, 1.165) is 11.3 Å². The number of hydrogen-bond donors (Lipinski definition) is 1. The summed E-state index contributed by atoms with van der Waals surface area (Å²) in [6.45, 7) is 2.13. The van der Waals surface area contributed by atoms with E-state index in [4.69, 9.17) is 9.15 Å². The molecule has 1 aromatic carbocycles. The number of nitrogens with zero attached hydrogens (tertiary/aromatic N) is 1. The highest BCUT2D eigenvalue weighted by Crippen LogP contribution is 2.11. The normalized spacial score (nSPS) is 10.1. The Bertz CT molecular complexity index is 531. The number of aryl methyl sites for hydroxylation is 1. The predicted octanol–water partition coefficient (Wildman–Crippen LogP) is 1.92. The maximum atomic E-state index is 11.7. The van der Waals surface area contributed by atoms with Crippen molar-refractivity contribution in [2.75, 3.05) is 7.11 Å². The lowest BCUT2D eigenvalue weighted by molar-refractivity contribution is 0.0922. The van der Waals surface area contributed by atoms with E-state index in [2.05, 4.69) is 10.3 Å². The van der Waals surface area contributed by atoms with Crippen molar-refractivity contribution < 1.29 is 13.9 Å². The summed E-state index contributed by atoms with van der Waals surface area (Å²) in [5.41, 5.74) is 0.986. The number of nitrogens with one attached hydrogen (secondary N) is 1. The summed E-state index contributed by atoms with van der Waals surface area (Å²) in [7, 11) is 1.61. The van der Waals surface area contributed by atoms with Crippen LogP contribution < -0.4 is 10.1 Å². The monoisotopic (exact) mass is 246 g/mol. The Kier molecular flexibility index (Phi) is 3.62. The topological polar surface area (TPSA) is 64.4 Å². The molecule has 0 saturated carbocycles. The van der Waals surface area contributed by atoms with Gasteiger partial charge in [-0.25, -0.2) is 4.98 Å². The standard InChI is InChI=1S/C13H14N2O3/c1-9-14-8-12(18-9)13(16)15-7-10-3-5-11(17-2)6-4-10/h3-6,8H,7H2,1-2H3,(H,15,16). The molecule has 2 aromatic rings. The van der Waals surface area contributed by atoms with Crippen LogP contribution in [0.1, 0.15) is 22.0 Å². The van der Waals surface area contributed by atoms with Crippen LogP contribution in [0.5, 0.6) is 5.75 Å². The number of rotatable bonds is 4. The van der Waals surface area contributed by atoms with E-state index < -0.39 is 0 Å². The van der Waals surface area contributed by atoms with Crippen LogP contribution in [0.2, 0.25) is 0 Å². The molecule has 1 heterocycles. The van der Waals surface area contributed by atoms with Crippen molar-refractivity contribution >= 4 is 5.91 Å². The molecule has 0 aliphatic heterocycles. The summed E-state index contributed by atoms with van der Waals surface area (Å²) in [6, 6.07) is 7.48. The summed E-state index contributed by atoms with van der Waals surface area (Å²) in [5, 5.41) is 2.75. The highest BCUT2D eigenvalue weighted by Gasteiger charge is 2.10. The smallest absolute Gasteiger partial charge is 0.288 e. The average molecular weight is 246 g/mol. The molecule has 0 spiro atoms. The van der Waals surface area contributed by atoms with Crippen molar-refractivity contribution in [1.82, 2.24) is 10.3 Å². The fourth-order valence-corrected chi connectivity index (χ4v) is 1.48. The maximum absolute atomic E-state index is 11.7. The molecular weight excluding hydrogens is 232 g/mol. The second kappa shape index (κ2) is 5.35. The van der Waals surface area contributed by atoms with Gasteiger partial charge < -0.3 is 14.5 Å². The molecule has 0 aliphatic rings. The van der Waals surface area contributed by atoms with E-state index in [1.54, 1.807) is 14.0 Å². The van der Waals surface area contributed by atoms with E-state index >= 15 is 0 Å². The van der Waals surface area contributed by atoms with Gasteiger partial charge in [-0.3, -0.25) is 4.79 Å². The van der Waals surface area contributed by atoms with Gasteiger partial charge in [0.1, 0.15) is 5.75 Å². The number of ether oxygens (including phenoxy) is 1. The van der Waals surface area contributed by atoms with Crippen LogP contribution in [-0.4, -0.2) is 18.0 Å². The molecule has 0 fully saturated rings. The molecule has 1 amide bonds. The number of amides is 1. The largest absolute Gasteiger partial charge is 0.497 e. The average Bonchev–Trinajstić information content (AvgIpc) is 2.83. The van der Waals surface area contributed by atoms with Crippen LogP contribution in [0, 0.1) is 6.92 Å². The molecule has 0 atom stereocenters. The molecule has 1 aromatic heterocycles. The Morgan fingerprint density at radius 2 is 2.11 bits per heavy atom. The zero-order valence-corrected chi connectivity index (χ0v) is 10.3. The molecule has 5 heteroatoms. The molecule has 0 bridgehead atoms. The van der Waals surface area contributed by atoms with Crippen LogP contribution in [0.15, 0.2) is 34.9 Å². The predicted molar refractivity (Wildman–Crippen MR) is 65.4 cm³/mol. The highest BCUT2D eigenvalue weighted by atomic mass is 16.5. The molecular formula is C13H14N2O3. The van der Waals surface area contributed by atoms with Gasteiger partial charge in [0.15, 0.2) is 5.89 Å².